The number of aryl methyl sites for hydroxylation is 1. The molecule has 1 aromatic carbocycles. The highest BCUT2D eigenvalue weighted by molar-refractivity contribution is 9.10. The van der Waals surface area contributed by atoms with Crippen LogP contribution in [0.15, 0.2) is 22.7 Å². The molecule has 0 saturated heterocycles. The average Bonchev–Trinajstić information content (AvgIpc) is 2.53. The van der Waals surface area contributed by atoms with Crippen molar-refractivity contribution in [3.63, 3.8) is 0 Å². The zero-order valence-corrected chi connectivity index (χ0v) is 11.3. The fraction of sp³-hybridized carbons (Fsp3) is 0.250. The van der Waals surface area contributed by atoms with Crippen LogP contribution in [0.5, 0.6) is 0 Å². The van der Waals surface area contributed by atoms with Crippen molar-refractivity contribution in [2.24, 2.45) is 0 Å². The van der Waals surface area contributed by atoms with E-state index < -0.39 is 0 Å². The van der Waals surface area contributed by atoms with Crippen LogP contribution in [-0.4, -0.2) is 9.78 Å². The monoisotopic (exact) mass is 297 g/mol. The van der Waals surface area contributed by atoms with Crippen LogP contribution in [-0.2, 0) is 6.54 Å². The molecule has 0 radical (unpaired) electrons. The largest absolute Gasteiger partial charge is 0.396 e. The maximum Gasteiger partial charge on any atom is 0.151 e. The molecule has 0 unspecified atom stereocenters. The molecule has 0 fully saturated rings. The minimum atomic E-state index is -0.365. The van der Waals surface area contributed by atoms with E-state index in [4.69, 9.17) is 5.73 Å². The standard InChI is InChI=1S/C12H13BrFN3/c1-7-11(13)8(2)17(16-7)6-9-4-3-5-10(15)12(9)14/h3-5H,6,15H2,1-2H3. The molecule has 0 aliphatic heterocycles. The second-order valence-corrected chi connectivity index (χ2v) is 4.76. The molecular weight excluding hydrogens is 285 g/mol. The van der Waals surface area contributed by atoms with Gasteiger partial charge in [0.15, 0.2) is 5.82 Å². The molecular formula is C12H13BrFN3. The summed E-state index contributed by atoms with van der Waals surface area (Å²) in [6, 6.07) is 5.01. The number of benzene rings is 1. The van der Waals surface area contributed by atoms with Crippen LogP contribution < -0.4 is 5.73 Å². The van der Waals surface area contributed by atoms with Gasteiger partial charge >= 0.3 is 0 Å². The predicted octanol–water partition coefficient (Wildman–Crippen LogP) is 3.03. The molecule has 0 aliphatic rings. The molecule has 0 atom stereocenters. The third-order valence-corrected chi connectivity index (χ3v) is 3.87. The second kappa shape index (κ2) is 4.49. The first-order chi connectivity index (χ1) is 8.00. The summed E-state index contributed by atoms with van der Waals surface area (Å²) >= 11 is 3.44. The minimum Gasteiger partial charge on any atom is -0.396 e. The summed E-state index contributed by atoms with van der Waals surface area (Å²) in [4.78, 5) is 0. The summed E-state index contributed by atoms with van der Waals surface area (Å²) < 4.78 is 16.5. The van der Waals surface area contributed by atoms with Crippen LogP contribution in [0.3, 0.4) is 0 Å². The van der Waals surface area contributed by atoms with Gasteiger partial charge in [-0.2, -0.15) is 5.10 Å². The average molecular weight is 298 g/mol. The highest BCUT2D eigenvalue weighted by Gasteiger charge is 2.11. The number of halogens is 2. The van der Waals surface area contributed by atoms with E-state index in [0.29, 0.717) is 12.1 Å². The van der Waals surface area contributed by atoms with Gasteiger partial charge in [0.05, 0.1) is 28.1 Å². The van der Waals surface area contributed by atoms with Crippen LogP contribution >= 0.6 is 15.9 Å². The summed E-state index contributed by atoms with van der Waals surface area (Å²) in [6.45, 7) is 4.23. The molecule has 3 nitrogen and oxygen atoms in total. The maximum absolute atomic E-state index is 13.7. The van der Waals surface area contributed by atoms with Gasteiger partial charge in [-0.25, -0.2) is 4.39 Å². The summed E-state index contributed by atoms with van der Waals surface area (Å²) in [5, 5.41) is 4.34. The predicted molar refractivity (Wildman–Crippen MR) is 69.3 cm³/mol. The number of nitrogens with zero attached hydrogens (tertiary/aromatic N) is 2. The molecule has 2 N–H and O–H groups in total. The van der Waals surface area contributed by atoms with Gasteiger partial charge in [-0.1, -0.05) is 12.1 Å². The van der Waals surface area contributed by atoms with Crippen LogP contribution in [0.25, 0.3) is 0 Å². The molecule has 0 aliphatic carbocycles. The van der Waals surface area contributed by atoms with Crippen molar-refractivity contribution >= 4 is 21.6 Å². The summed E-state index contributed by atoms with van der Waals surface area (Å²) in [6.07, 6.45) is 0. The van der Waals surface area contributed by atoms with E-state index >= 15 is 0 Å². The van der Waals surface area contributed by atoms with Gasteiger partial charge in [0.25, 0.3) is 0 Å². The zero-order valence-electron chi connectivity index (χ0n) is 9.67. The lowest BCUT2D eigenvalue weighted by atomic mass is 10.2. The minimum absolute atomic E-state index is 0.170. The van der Waals surface area contributed by atoms with Gasteiger partial charge in [0.1, 0.15) is 0 Å². The van der Waals surface area contributed by atoms with E-state index in [1.54, 1.807) is 22.9 Å². The summed E-state index contributed by atoms with van der Waals surface area (Å²) in [5.74, 6) is -0.365. The van der Waals surface area contributed by atoms with E-state index in [2.05, 4.69) is 21.0 Å². The van der Waals surface area contributed by atoms with E-state index in [0.717, 1.165) is 15.9 Å². The zero-order chi connectivity index (χ0) is 12.6. The van der Waals surface area contributed by atoms with Crippen LogP contribution in [0, 0.1) is 19.7 Å². The third kappa shape index (κ3) is 2.20. The molecule has 1 aromatic heterocycles. The Hall–Kier alpha value is -1.36. The van der Waals surface area contributed by atoms with Crippen LogP contribution in [0.1, 0.15) is 17.0 Å². The Balaban J connectivity index is 2.38. The van der Waals surface area contributed by atoms with Crippen molar-refractivity contribution < 1.29 is 4.39 Å². The quantitative estimate of drug-likeness (QED) is 0.866. The third-order valence-electron chi connectivity index (χ3n) is 2.72. The normalized spacial score (nSPS) is 10.8. The Kier molecular flexibility index (Phi) is 3.19. The topological polar surface area (TPSA) is 43.8 Å². The number of rotatable bonds is 2. The number of hydrogen-bond donors (Lipinski definition) is 1. The molecule has 5 heteroatoms. The van der Waals surface area contributed by atoms with Crippen molar-refractivity contribution in [3.05, 3.63) is 45.4 Å². The number of hydrogen-bond acceptors (Lipinski definition) is 2. The van der Waals surface area contributed by atoms with E-state index in [1.165, 1.54) is 0 Å². The van der Waals surface area contributed by atoms with Crippen LogP contribution in [0.2, 0.25) is 0 Å². The van der Waals surface area contributed by atoms with Crippen molar-refractivity contribution in [2.75, 3.05) is 5.73 Å². The molecule has 90 valence electrons. The first kappa shape index (κ1) is 12.1. The Morgan fingerprint density at radius 1 is 1.41 bits per heavy atom. The number of aromatic nitrogens is 2. The maximum atomic E-state index is 13.7. The lowest BCUT2D eigenvalue weighted by Crippen LogP contribution is -2.07. The number of nitrogens with two attached hydrogens (primary N) is 1. The van der Waals surface area contributed by atoms with Gasteiger partial charge in [0.2, 0.25) is 0 Å². The van der Waals surface area contributed by atoms with Crippen molar-refractivity contribution in [3.8, 4) is 0 Å². The number of nitrogen functional groups attached to an aromatic ring is 1. The molecule has 0 spiro atoms. The molecule has 1 heterocycles. The fourth-order valence-corrected chi connectivity index (χ4v) is 2.00. The lowest BCUT2D eigenvalue weighted by molar-refractivity contribution is 0.582. The Bertz CT molecular complexity index is 563. The van der Waals surface area contributed by atoms with Gasteiger partial charge in [0, 0.05) is 5.56 Å². The molecule has 2 rings (SSSR count). The first-order valence-electron chi connectivity index (χ1n) is 5.23. The fourth-order valence-electron chi connectivity index (χ4n) is 1.71. The van der Waals surface area contributed by atoms with Gasteiger partial charge < -0.3 is 5.73 Å². The highest BCUT2D eigenvalue weighted by atomic mass is 79.9. The summed E-state index contributed by atoms with van der Waals surface area (Å²) in [5.41, 5.74) is 8.12. The Labute approximate surface area is 108 Å². The smallest absolute Gasteiger partial charge is 0.151 e. The van der Waals surface area contributed by atoms with E-state index in [-0.39, 0.29) is 11.5 Å². The summed E-state index contributed by atoms with van der Waals surface area (Å²) in [7, 11) is 0. The lowest BCUT2D eigenvalue weighted by Gasteiger charge is -2.07. The molecule has 17 heavy (non-hydrogen) atoms. The molecule has 0 amide bonds. The number of anilines is 1. The molecule has 0 bridgehead atoms. The van der Waals surface area contributed by atoms with Crippen LogP contribution in [0.4, 0.5) is 10.1 Å². The Morgan fingerprint density at radius 3 is 2.71 bits per heavy atom. The highest BCUT2D eigenvalue weighted by Crippen LogP contribution is 2.22. The van der Waals surface area contributed by atoms with Gasteiger partial charge in [-0.3, -0.25) is 4.68 Å². The van der Waals surface area contributed by atoms with E-state index in [9.17, 15) is 4.39 Å². The van der Waals surface area contributed by atoms with Crippen molar-refractivity contribution in [1.29, 1.82) is 0 Å². The van der Waals surface area contributed by atoms with Gasteiger partial charge in [-0.05, 0) is 35.8 Å². The second-order valence-electron chi connectivity index (χ2n) is 3.96. The SMILES string of the molecule is Cc1nn(Cc2cccc(N)c2F)c(C)c1Br. The van der Waals surface area contributed by atoms with Crippen molar-refractivity contribution in [2.45, 2.75) is 20.4 Å². The van der Waals surface area contributed by atoms with Crippen molar-refractivity contribution in [1.82, 2.24) is 9.78 Å². The van der Waals surface area contributed by atoms with E-state index in [1.807, 2.05) is 13.8 Å². The van der Waals surface area contributed by atoms with Gasteiger partial charge in [-0.15, -0.1) is 0 Å². The first-order valence-corrected chi connectivity index (χ1v) is 6.02. The molecule has 2 aromatic rings. The Morgan fingerprint density at radius 2 is 2.12 bits per heavy atom. The molecule has 0 saturated carbocycles.